The molecular weight excluding hydrogens is 646 g/mol. The van der Waals surface area contributed by atoms with Crippen molar-refractivity contribution < 1.29 is 38.5 Å². The summed E-state index contributed by atoms with van der Waals surface area (Å²) < 4.78 is 16.8. The van der Waals surface area contributed by atoms with Gasteiger partial charge in [0.05, 0.1) is 38.0 Å². The number of allylic oxidation sites excluding steroid dienone is 7. The number of benzene rings is 3. The molecule has 51 heavy (non-hydrogen) atoms. The van der Waals surface area contributed by atoms with E-state index >= 15 is 0 Å². The van der Waals surface area contributed by atoms with Gasteiger partial charge in [0.2, 0.25) is 11.8 Å². The van der Waals surface area contributed by atoms with E-state index in [-0.39, 0.29) is 35.6 Å². The van der Waals surface area contributed by atoms with Crippen LogP contribution >= 0.6 is 0 Å². The number of imide groups is 1. The third-order valence-corrected chi connectivity index (χ3v) is 10.8. The first kappa shape index (κ1) is 32.3. The Hall–Kier alpha value is -5.96. The monoisotopic (exact) mass is 681 g/mol. The molecule has 1 fully saturated rings. The normalized spacial score (nSPS) is 23.9. The first-order valence-corrected chi connectivity index (χ1v) is 16.9. The lowest BCUT2D eigenvalue weighted by atomic mass is 9.58. The number of ether oxygens (including phenoxy) is 3. The van der Waals surface area contributed by atoms with Gasteiger partial charge in [-0.3, -0.25) is 24.1 Å². The van der Waals surface area contributed by atoms with Gasteiger partial charge >= 0.3 is 0 Å². The Morgan fingerprint density at radius 2 is 1.71 bits per heavy atom. The number of Topliss-reactive ketones (excluding diaryl/α,β-unsaturated/α-hetero) is 1. The third kappa shape index (κ3) is 5.31. The maximum absolute atomic E-state index is 14.4. The maximum Gasteiger partial charge on any atom is 0.238 e. The van der Waals surface area contributed by atoms with Gasteiger partial charge in [0.1, 0.15) is 23.0 Å². The quantitative estimate of drug-likeness (QED) is 0.134. The molecule has 3 aromatic carbocycles. The lowest BCUT2D eigenvalue weighted by Gasteiger charge is -2.43. The largest absolute Gasteiger partial charge is 0.508 e. The first-order valence-electron chi connectivity index (χ1n) is 16.9. The van der Waals surface area contributed by atoms with Crippen LogP contribution in [0.2, 0.25) is 0 Å². The van der Waals surface area contributed by atoms with E-state index in [0.29, 0.717) is 52.5 Å². The minimum atomic E-state index is -0.689. The molecule has 0 spiro atoms. The molecule has 3 aliphatic carbocycles. The second kappa shape index (κ2) is 12.4. The summed E-state index contributed by atoms with van der Waals surface area (Å²) in [6.45, 7) is 1.64. The Kier molecular flexibility index (Phi) is 7.86. The molecule has 256 valence electrons. The molecule has 0 bridgehead atoms. The zero-order valence-corrected chi connectivity index (χ0v) is 28.3. The van der Waals surface area contributed by atoms with Gasteiger partial charge in [-0.05, 0) is 91.4 Å². The van der Waals surface area contributed by atoms with E-state index in [0.717, 1.165) is 27.8 Å². The van der Waals surface area contributed by atoms with Crippen molar-refractivity contribution in [2.24, 2.45) is 23.7 Å². The lowest BCUT2D eigenvalue weighted by Crippen LogP contribution is -2.41. The number of nitrogens with zero attached hydrogens (tertiary/aromatic N) is 1. The van der Waals surface area contributed by atoms with Crippen molar-refractivity contribution in [3.63, 3.8) is 0 Å². The minimum Gasteiger partial charge on any atom is -0.508 e. The number of hydrogen-bond acceptors (Lipinski definition) is 8. The van der Waals surface area contributed by atoms with Crippen LogP contribution in [0, 0.1) is 23.7 Å². The molecule has 8 rings (SSSR count). The van der Waals surface area contributed by atoms with Crippen molar-refractivity contribution in [1.29, 1.82) is 0 Å². The molecule has 3 aromatic rings. The molecule has 5 aliphatic rings. The second-order valence-electron chi connectivity index (χ2n) is 13.6. The van der Waals surface area contributed by atoms with Gasteiger partial charge in [-0.2, -0.15) is 0 Å². The van der Waals surface area contributed by atoms with Crippen LogP contribution in [0.15, 0.2) is 107 Å². The number of rotatable bonds is 6. The fourth-order valence-corrected chi connectivity index (χ4v) is 8.32. The summed E-state index contributed by atoms with van der Waals surface area (Å²) >= 11 is 0. The fourth-order valence-electron chi connectivity index (χ4n) is 8.32. The zero-order chi connectivity index (χ0) is 35.6. The number of methoxy groups -OCH3 is 2. The molecular formula is C42H35NO8. The summed E-state index contributed by atoms with van der Waals surface area (Å²) in [6, 6.07) is 17.6. The van der Waals surface area contributed by atoms with Gasteiger partial charge in [0.25, 0.3) is 0 Å². The van der Waals surface area contributed by atoms with E-state index in [1.807, 2.05) is 48.6 Å². The number of fused-ring (bicyclic) bond motifs is 4. The molecule has 2 amide bonds. The maximum atomic E-state index is 14.4. The van der Waals surface area contributed by atoms with Crippen molar-refractivity contribution in [1.82, 2.24) is 0 Å². The number of amides is 2. The van der Waals surface area contributed by atoms with Gasteiger partial charge < -0.3 is 19.3 Å². The molecule has 9 nitrogen and oxygen atoms in total. The van der Waals surface area contributed by atoms with Crippen LogP contribution in [-0.4, -0.2) is 42.7 Å². The highest BCUT2D eigenvalue weighted by Crippen LogP contribution is 2.55. The Morgan fingerprint density at radius 1 is 0.902 bits per heavy atom. The Morgan fingerprint density at radius 3 is 2.47 bits per heavy atom. The van der Waals surface area contributed by atoms with Gasteiger partial charge in [0, 0.05) is 40.2 Å². The summed E-state index contributed by atoms with van der Waals surface area (Å²) in [4.78, 5) is 56.9. The molecule has 2 heterocycles. The number of phenolic OH excluding ortho intramolecular Hbond substituents is 1. The highest BCUT2D eigenvalue weighted by Gasteiger charge is 2.57. The minimum absolute atomic E-state index is 0.0961. The number of anilines is 1. The predicted octanol–water partition coefficient (Wildman–Crippen LogP) is 6.57. The van der Waals surface area contributed by atoms with Crippen molar-refractivity contribution in [2.75, 3.05) is 19.1 Å². The van der Waals surface area contributed by atoms with Crippen molar-refractivity contribution in [2.45, 2.75) is 26.2 Å². The molecule has 0 aromatic heterocycles. The summed E-state index contributed by atoms with van der Waals surface area (Å²) in [5, 5.41) is 10.2. The van der Waals surface area contributed by atoms with Crippen LogP contribution in [0.25, 0.3) is 12.2 Å². The molecule has 0 radical (unpaired) electrons. The van der Waals surface area contributed by atoms with Crippen LogP contribution < -0.4 is 19.1 Å². The number of carbonyl (C=O) groups excluding carboxylic acids is 4. The summed E-state index contributed by atoms with van der Waals surface area (Å²) in [5.41, 5.74) is 5.73. The van der Waals surface area contributed by atoms with Crippen LogP contribution in [0.5, 0.6) is 23.0 Å². The fraction of sp³-hybridized carbons (Fsp3) is 0.238. The Balaban J connectivity index is 1.10. The predicted molar refractivity (Wildman–Crippen MR) is 190 cm³/mol. The number of phenols is 1. The van der Waals surface area contributed by atoms with Crippen LogP contribution in [0.1, 0.15) is 36.5 Å². The van der Waals surface area contributed by atoms with Crippen LogP contribution in [0.3, 0.4) is 0 Å². The van der Waals surface area contributed by atoms with E-state index in [9.17, 15) is 24.3 Å². The molecule has 9 heteroatoms. The highest BCUT2D eigenvalue weighted by atomic mass is 16.5. The number of ketones is 2. The average molecular weight is 682 g/mol. The van der Waals surface area contributed by atoms with Crippen molar-refractivity contribution >= 4 is 41.2 Å². The van der Waals surface area contributed by atoms with Gasteiger partial charge in [0.15, 0.2) is 11.6 Å². The smallest absolute Gasteiger partial charge is 0.238 e. The van der Waals surface area contributed by atoms with Crippen molar-refractivity contribution in [3.05, 3.63) is 124 Å². The Bertz CT molecular complexity index is 2200. The van der Waals surface area contributed by atoms with Crippen LogP contribution in [-0.2, 0) is 25.6 Å². The molecule has 0 saturated carbocycles. The van der Waals surface area contributed by atoms with Gasteiger partial charge in [-0.1, -0.05) is 35.9 Å². The SMILES string of the molecule is COc1ccc(OC)c(C=Cc2ccc(N3C(=O)C4CC=C5C(C6=COc7ccc(O)cc7C6)C6=C(CC5C4C3=O)C(=O)C=C(C)C6=O)cc2)c1. The van der Waals surface area contributed by atoms with Gasteiger partial charge in [-0.15, -0.1) is 0 Å². The van der Waals surface area contributed by atoms with E-state index in [2.05, 4.69) is 0 Å². The number of aromatic hydroxyl groups is 1. The topological polar surface area (TPSA) is 119 Å². The highest BCUT2D eigenvalue weighted by molar-refractivity contribution is 6.25. The lowest BCUT2D eigenvalue weighted by molar-refractivity contribution is -0.123. The standard InChI is InChI=1S/C42H35NO8/c1-22-16-34(45)33-20-32-30(37(39(33)40(22)46)26-17-25-18-28(44)10-14-36(25)51-21-26)12-13-31-38(32)42(48)43(41(31)47)27-8-5-23(6-9-27)4-7-24-19-29(49-2)11-15-35(24)50-3/h4-12,14-16,18-19,21,31-32,37-38,44H,13,17,20H2,1-3H3. The second-order valence-corrected chi connectivity index (χ2v) is 13.6. The van der Waals surface area contributed by atoms with E-state index < -0.39 is 23.7 Å². The third-order valence-electron chi connectivity index (χ3n) is 10.8. The van der Waals surface area contributed by atoms with Crippen molar-refractivity contribution in [3.8, 4) is 23.0 Å². The average Bonchev–Trinajstić information content (AvgIpc) is 3.40. The molecule has 4 unspecified atom stereocenters. The zero-order valence-electron chi connectivity index (χ0n) is 28.3. The first-order chi connectivity index (χ1) is 24.7. The molecule has 1 N–H and O–H groups in total. The van der Waals surface area contributed by atoms with Crippen LogP contribution in [0.4, 0.5) is 5.69 Å². The molecule has 2 aliphatic heterocycles. The summed E-state index contributed by atoms with van der Waals surface area (Å²) in [6.07, 6.45) is 9.75. The summed E-state index contributed by atoms with van der Waals surface area (Å²) in [5.74, 6) is -1.25. The molecule has 1 saturated heterocycles. The van der Waals surface area contributed by atoms with Gasteiger partial charge in [-0.25, -0.2) is 0 Å². The number of carbonyl (C=O) groups is 4. The number of hydrogen-bond donors (Lipinski definition) is 1. The van der Waals surface area contributed by atoms with E-state index in [1.165, 1.54) is 11.0 Å². The van der Waals surface area contributed by atoms with E-state index in [1.54, 1.807) is 57.7 Å². The Labute approximate surface area is 294 Å². The summed E-state index contributed by atoms with van der Waals surface area (Å²) in [7, 11) is 3.21. The molecule has 4 atom stereocenters. The van der Waals surface area contributed by atoms with E-state index in [4.69, 9.17) is 14.2 Å².